The molecule has 0 aromatic heterocycles. The Hall–Kier alpha value is -1.04. The van der Waals surface area contributed by atoms with E-state index < -0.39 is 0 Å². The third kappa shape index (κ3) is 2.06. The van der Waals surface area contributed by atoms with Crippen LogP contribution in [-0.4, -0.2) is 12.5 Å². The molecule has 4 aliphatic rings. The Morgan fingerprint density at radius 2 is 1.84 bits per heavy atom. The molecule has 4 aliphatic carbocycles. The monoisotopic (exact) mass is 260 g/mol. The highest BCUT2D eigenvalue weighted by Gasteiger charge is 2.62. The van der Waals surface area contributed by atoms with E-state index in [4.69, 9.17) is 5.26 Å². The molecular formula is C16H24N2O. The Morgan fingerprint density at radius 3 is 2.37 bits per heavy atom. The maximum atomic E-state index is 12.6. The predicted octanol–water partition coefficient (Wildman–Crippen LogP) is 3.01. The zero-order chi connectivity index (χ0) is 13.7. The summed E-state index contributed by atoms with van der Waals surface area (Å²) in [6.45, 7) is 5.27. The standard InChI is InChI=1S/C16H24N2O/c1-14-6-12-7-15(2,9-14)11-16(8-12,10-14)13(19)18-5-3-4-17/h12H,3,5-11H2,1-2H3,(H,18,19). The van der Waals surface area contributed by atoms with Crippen molar-refractivity contribution in [3.8, 4) is 6.07 Å². The summed E-state index contributed by atoms with van der Waals surface area (Å²) in [4.78, 5) is 12.6. The summed E-state index contributed by atoms with van der Waals surface area (Å²) in [5.74, 6) is 0.970. The third-order valence-electron chi connectivity index (χ3n) is 5.63. The number of hydrogen-bond acceptors (Lipinski definition) is 2. The van der Waals surface area contributed by atoms with Crippen LogP contribution >= 0.6 is 0 Å². The van der Waals surface area contributed by atoms with Gasteiger partial charge in [0, 0.05) is 6.54 Å². The maximum Gasteiger partial charge on any atom is 0.226 e. The summed E-state index contributed by atoms with van der Waals surface area (Å²) < 4.78 is 0. The van der Waals surface area contributed by atoms with E-state index in [1.807, 2.05) is 0 Å². The first-order valence-corrected chi connectivity index (χ1v) is 7.54. The van der Waals surface area contributed by atoms with E-state index in [9.17, 15) is 4.79 Å². The summed E-state index contributed by atoms with van der Waals surface area (Å²) in [6.07, 6.45) is 7.54. The van der Waals surface area contributed by atoms with Gasteiger partial charge >= 0.3 is 0 Å². The van der Waals surface area contributed by atoms with Gasteiger partial charge in [0.25, 0.3) is 0 Å². The zero-order valence-electron chi connectivity index (χ0n) is 12.1. The van der Waals surface area contributed by atoms with Crippen molar-refractivity contribution in [1.82, 2.24) is 5.32 Å². The van der Waals surface area contributed by atoms with Crippen LogP contribution in [0.5, 0.6) is 0 Å². The Labute approximate surface area is 115 Å². The average Bonchev–Trinajstić information content (AvgIpc) is 2.24. The van der Waals surface area contributed by atoms with Crippen LogP contribution in [0, 0.1) is 33.5 Å². The van der Waals surface area contributed by atoms with Crippen LogP contribution in [0.25, 0.3) is 0 Å². The first kappa shape index (κ1) is 13.0. The lowest BCUT2D eigenvalue weighted by Gasteiger charge is -2.64. The average molecular weight is 260 g/mol. The summed E-state index contributed by atoms with van der Waals surface area (Å²) in [6, 6.07) is 2.10. The Kier molecular flexibility index (Phi) is 2.71. The van der Waals surface area contributed by atoms with Crippen LogP contribution in [0.4, 0.5) is 0 Å². The number of nitrogens with zero attached hydrogens (tertiary/aromatic N) is 1. The van der Waals surface area contributed by atoms with Gasteiger partial charge < -0.3 is 5.32 Å². The van der Waals surface area contributed by atoms with Crippen molar-refractivity contribution in [3.63, 3.8) is 0 Å². The Balaban J connectivity index is 1.80. The molecule has 4 rings (SSSR count). The highest BCUT2D eigenvalue weighted by Crippen LogP contribution is 2.69. The van der Waals surface area contributed by atoms with E-state index in [0.717, 1.165) is 25.2 Å². The minimum absolute atomic E-state index is 0.127. The molecule has 0 saturated heterocycles. The van der Waals surface area contributed by atoms with Gasteiger partial charge in [-0.05, 0) is 55.3 Å². The van der Waals surface area contributed by atoms with E-state index in [1.165, 1.54) is 19.3 Å². The minimum Gasteiger partial charge on any atom is -0.355 e. The number of carbonyl (C=O) groups is 1. The van der Waals surface area contributed by atoms with Crippen molar-refractivity contribution in [2.45, 2.75) is 58.8 Å². The number of rotatable bonds is 3. The molecular weight excluding hydrogens is 236 g/mol. The minimum atomic E-state index is -0.127. The van der Waals surface area contributed by atoms with Crippen LogP contribution in [0.3, 0.4) is 0 Å². The van der Waals surface area contributed by atoms with Crippen molar-refractivity contribution in [3.05, 3.63) is 0 Å². The normalized spacial score (nSPS) is 46.9. The maximum absolute atomic E-state index is 12.6. The molecule has 19 heavy (non-hydrogen) atoms. The first-order valence-electron chi connectivity index (χ1n) is 7.54. The fourth-order valence-corrected chi connectivity index (χ4v) is 6.12. The highest BCUT2D eigenvalue weighted by atomic mass is 16.2. The Bertz CT molecular complexity index is 432. The molecule has 4 bridgehead atoms. The molecule has 104 valence electrons. The van der Waals surface area contributed by atoms with Crippen molar-refractivity contribution in [1.29, 1.82) is 5.26 Å². The Morgan fingerprint density at radius 1 is 1.21 bits per heavy atom. The summed E-state index contributed by atoms with van der Waals surface area (Å²) >= 11 is 0. The second kappa shape index (κ2) is 3.98. The van der Waals surface area contributed by atoms with Crippen LogP contribution in [0.1, 0.15) is 58.8 Å². The molecule has 3 heteroatoms. The largest absolute Gasteiger partial charge is 0.355 e. The molecule has 4 fully saturated rings. The van der Waals surface area contributed by atoms with Crippen LogP contribution in [-0.2, 0) is 4.79 Å². The van der Waals surface area contributed by atoms with Crippen LogP contribution in [0.2, 0.25) is 0 Å². The van der Waals surface area contributed by atoms with Gasteiger partial charge in [0.15, 0.2) is 0 Å². The van der Waals surface area contributed by atoms with Crippen molar-refractivity contribution in [2.75, 3.05) is 6.54 Å². The van der Waals surface area contributed by atoms with Gasteiger partial charge in [0.2, 0.25) is 5.91 Å². The number of nitriles is 1. The van der Waals surface area contributed by atoms with Gasteiger partial charge in [-0.25, -0.2) is 0 Å². The fourth-order valence-electron chi connectivity index (χ4n) is 6.12. The van der Waals surface area contributed by atoms with E-state index in [0.29, 0.717) is 23.8 Å². The second-order valence-electron chi connectivity index (χ2n) is 8.07. The van der Waals surface area contributed by atoms with Crippen molar-refractivity contribution < 1.29 is 4.79 Å². The molecule has 2 atom stereocenters. The smallest absolute Gasteiger partial charge is 0.226 e. The number of hydrogen-bond donors (Lipinski definition) is 1. The molecule has 3 nitrogen and oxygen atoms in total. The van der Waals surface area contributed by atoms with E-state index in [1.54, 1.807) is 0 Å². The molecule has 0 aromatic rings. The number of carbonyl (C=O) groups excluding carboxylic acids is 1. The van der Waals surface area contributed by atoms with E-state index >= 15 is 0 Å². The third-order valence-corrected chi connectivity index (χ3v) is 5.63. The summed E-state index contributed by atoms with van der Waals surface area (Å²) in [5, 5.41) is 11.6. The number of nitrogens with one attached hydrogen (secondary N) is 1. The summed E-state index contributed by atoms with van der Waals surface area (Å²) in [5.41, 5.74) is 0.625. The van der Waals surface area contributed by atoms with Gasteiger partial charge in [-0.15, -0.1) is 0 Å². The van der Waals surface area contributed by atoms with Gasteiger partial charge in [0.05, 0.1) is 17.9 Å². The fraction of sp³-hybridized carbons (Fsp3) is 0.875. The lowest BCUT2D eigenvalue weighted by molar-refractivity contribution is -0.170. The predicted molar refractivity (Wildman–Crippen MR) is 73.1 cm³/mol. The number of amides is 1. The topological polar surface area (TPSA) is 52.9 Å². The molecule has 1 amide bonds. The van der Waals surface area contributed by atoms with Crippen LogP contribution < -0.4 is 5.32 Å². The van der Waals surface area contributed by atoms with E-state index in [2.05, 4.69) is 25.2 Å². The lowest BCUT2D eigenvalue weighted by atomic mass is 9.40. The van der Waals surface area contributed by atoms with Gasteiger partial charge in [0.1, 0.15) is 0 Å². The van der Waals surface area contributed by atoms with Gasteiger partial charge in [-0.1, -0.05) is 13.8 Å². The second-order valence-corrected chi connectivity index (χ2v) is 8.07. The molecule has 2 unspecified atom stereocenters. The van der Waals surface area contributed by atoms with Crippen molar-refractivity contribution >= 4 is 5.91 Å². The molecule has 0 aromatic carbocycles. The quantitative estimate of drug-likeness (QED) is 0.793. The molecule has 1 N–H and O–H groups in total. The lowest BCUT2D eigenvalue weighted by Crippen LogP contribution is -2.59. The van der Waals surface area contributed by atoms with Crippen LogP contribution in [0.15, 0.2) is 0 Å². The molecule has 0 aliphatic heterocycles. The SMILES string of the molecule is CC12CC3CC(C)(C1)CC(C(=O)NCCC#N)(C3)C2. The molecule has 4 saturated carbocycles. The van der Waals surface area contributed by atoms with Crippen molar-refractivity contribution in [2.24, 2.45) is 22.2 Å². The zero-order valence-corrected chi connectivity index (χ0v) is 12.1. The van der Waals surface area contributed by atoms with Gasteiger partial charge in [-0.2, -0.15) is 5.26 Å². The van der Waals surface area contributed by atoms with E-state index in [-0.39, 0.29) is 11.3 Å². The first-order chi connectivity index (χ1) is 8.89. The molecule has 0 heterocycles. The molecule has 0 spiro atoms. The highest BCUT2D eigenvalue weighted by molar-refractivity contribution is 5.83. The van der Waals surface area contributed by atoms with Gasteiger partial charge in [-0.3, -0.25) is 4.79 Å². The summed E-state index contributed by atoms with van der Waals surface area (Å²) in [7, 11) is 0. The molecule has 0 radical (unpaired) electrons.